The Morgan fingerprint density at radius 3 is 3.00 bits per heavy atom. The van der Waals surface area contributed by atoms with Gasteiger partial charge in [0.25, 0.3) is 0 Å². The second-order valence-electron chi connectivity index (χ2n) is 4.83. The fraction of sp³-hybridized carbons (Fsp3) is 0.429. The predicted octanol–water partition coefficient (Wildman–Crippen LogP) is 2.00. The zero-order chi connectivity index (χ0) is 13.1. The maximum absolute atomic E-state index is 5.48. The molecule has 1 aliphatic heterocycles. The molecule has 6 heteroatoms. The Hall–Kier alpha value is -1.43. The van der Waals surface area contributed by atoms with Crippen LogP contribution < -0.4 is 5.32 Å². The van der Waals surface area contributed by atoms with Crippen molar-refractivity contribution in [1.82, 2.24) is 15.5 Å². The van der Waals surface area contributed by atoms with Crippen LogP contribution in [0.4, 0.5) is 0 Å². The van der Waals surface area contributed by atoms with Crippen LogP contribution in [-0.4, -0.2) is 35.9 Å². The van der Waals surface area contributed by atoms with Crippen molar-refractivity contribution in [2.45, 2.75) is 19.4 Å². The number of benzene rings is 1. The first-order valence-electron chi connectivity index (χ1n) is 6.50. The number of rotatable bonds is 3. The van der Waals surface area contributed by atoms with Crippen molar-refractivity contribution in [2.75, 3.05) is 19.8 Å². The van der Waals surface area contributed by atoms with Crippen LogP contribution in [0.3, 0.4) is 0 Å². The molecule has 1 aromatic carbocycles. The molecule has 5 nitrogen and oxygen atoms in total. The monoisotopic (exact) mass is 295 g/mol. The van der Waals surface area contributed by atoms with Crippen molar-refractivity contribution < 1.29 is 9.26 Å². The van der Waals surface area contributed by atoms with Crippen LogP contribution in [0.2, 0.25) is 0 Å². The van der Waals surface area contributed by atoms with Crippen LogP contribution in [0, 0.1) is 6.92 Å². The molecule has 20 heavy (non-hydrogen) atoms. The lowest BCUT2D eigenvalue weighted by Gasteiger charge is -2.24. The molecule has 1 fully saturated rings. The van der Waals surface area contributed by atoms with E-state index in [0.29, 0.717) is 11.9 Å². The van der Waals surface area contributed by atoms with Crippen molar-refractivity contribution in [3.63, 3.8) is 0 Å². The number of nitrogens with one attached hydrogen (secondary N) is 1. The van der Waals surface area contributed by atoms with Gasteiger partial charge >= 0.3 is 0 Å². The lowest BCUT2D eigenvalue weighted by Crippen LogP contribution is -2.42. The molecule has 1 aliphatic rings. The highest BCUT2D eigenvalue weighted by molar-refractivity contribution is 5.85. The van der Waals surface area contributed by atoms with Crippen LogP contribution in [0.1, 0.15) is 11.1 Å². The van der Waals surface area contributed by atoms with Crippen LogP contribution >= 0.6 is 12.4 Å². The Balaban J connectivity index is 0.00000147. The second-order valence-corrected chi connectivity index (χ2v) is 4.83. The summed E-state index contributed by atoms with van der Waals surface area (Å²) >= 11 is 0. The molecular formula is C14H18ClN3O2. The number of morpholine rings is 1. The number of ether oxygens (including phenoxy) is 1. The third-order valence-electron chi connectivity index (χ3n) is 3.38. The minimum atomic E-state index is 0. The molecule has 2 heterocycles. The smallest absolute Gasteiger partial charge is 0.214 e. The van der Waals surface area contributed by atoms with E-state index in [1.165, 1.54) is 12.0 Å². The summed E-state index contributed by atoms with van der Waals surface area (Å²) < 4.78 is 10.3. The topological polar surface area (TPSA) is 60.2 Å². The molecule has 0 radical (unpaired) electrons. The first-order chi connectivity index (χ1) is 9.33. The van der Waals surface area contributed by atoms with Crippen LogP contribution in [0.5, 0.6) is 0 Å². The third kappa shape index (κ3) is 3.36. The summed E-state index contributed by atoms with van der Waals surface area (Å²) in [4.78, 5) is 4.12. The molecule has 2 aromatic rings. The molecule has 1 unspecified atom stereocenters. The summed E-state index contributed by atoms with van der Waals surface area (Å²) in [7, 11) is 0. The van der Waals surface area contributed by atoms with Crippen molar-refractivity contribution in [1.29, 1.82) is 0 Å². The zero-order valence-corrected chi connectivity index (χ0v) is 12.2. The first-order valence-corrected chi connectivity index (χ1v) is 6.50. The van der Waals surface area contributed by atoms with Gasteiger partial charge in [0, 0.05) is 18.2 Å². The predicted molar refractivity (Wildman–Crippen MR) is 78.0 cm³/mol. The highest BCUT2D eigenvalue weighted by atomic mass is 35.5. The average molecular weight is 296 g/mol. The SMILES string of the molecule is Cc1ccc(CC2COCCN2)cc1-c1ncon1.Cl. The molecule has 0 bridgehead atoms. The molecule has 3 rings (SSSR count). The van der Waals surface area contributed by atoms with Crippen molar-refractivity contribution in [3.05, 3.63) is 35.7 Å². The molecule has 1 N–H and O–H groups in total. The number of aromatic nitrogens is 2. The number of aryl methyl sites for hydroxylation is 1. The standard InChI is InChI=1S/C14H17N3O2.ClH/c1-10-2-3-11(6-12-8-18-5-4-15-12)7-13(10)14-16-9-19-17-14;/h2-3,7,9,12,15H,4-6,8H2,1H3;1H. The molecule has 108 valence electrons. The number of nitrogens with zero attached hydrogens (tertiary/aromatic N) is 2. The van der Waals surface area contributed by atoms with Gasteiger partial charge < -0.3 is 14.6 Å². The van der Waals surface area contributed by atoms with E-state index in [4.69, 9.17) is 9.26 Å². The third-order valence-corrected chi connectivity index (χ3v) is 3.38. The summed E-state index contributed by atoms with van der Waals surface area (Å²) in [6, 6.07) is 6.77. The first kappa shape index (κ1) is 15.0. The van der Waals surface area contributed by atoms with Gasteiger partial charge in [-0.25, -0.2) is 0 Å². The van der Waals surface area contributed by atoms with Crippen molar-refractivity contribution >= 4 is 12.4 Å². The van der Waals surface area contributed by atoms with Crippen LogP contribution in [0.15, 0.2) is 29.1 Å². The summed E-state index contributed by atoms with van der Waals surface area (Å²) in [6.45, 7) is 4.55. The Morgan fingerprint density at radius 2 is 2.30 bits per heavy atom. The van der Waals surface area contributed by atoms with Gasteiger partial charge in [0.05, 0.1) is 13.2 Å². The number of hydrogen-bond acceptors (Lipinski definition) is 5. The van der Waals surface area contributed by atoms with Gasteiger partial charge in [-0.05, 0) is 30.5 Å². The summed E-state index contributed by atoms with van der Waals surface area (Å²) in [6.07, 6.45) is 2.31. The summed E-state index contributed by atoms with van der Waals surface area (Å²) in [5.74, 6) is 0.646. The van der Waals surface area contributed by atoms with E-state index < -0.39 is 0 Å². The van der Waals surface area contributed by atoms with Crippen molar-refractivity contribution in [2.24, 2.45) is 0 Å². The van der Waals surface area contributed by atoms with E-state index in [9.17, 15) is 0 Å². The summed E-state index contributed by atoms with van der Waals surface area (Å²) in [5, 5.41) is 7.37. The molecular weight excluding hydrogens is 278 g/mol. The minimum Gasteiger partial charge on any atom is -0.379 e. The Bertz CT molecular complexity index is 539. The van der Waals surface area contributed by atoms with Gasteiger partial charge in [-0.2, -0.15) is 4.98 Å². The van der Waals surface area contributed by atoms with Gasteiger partial charge in [0.2, 0.25) is 12.2 Å². The van der Waals surface area contributed by atoms with Crippen LogP contribution in [0.25, 0.3) is 11.4 Å². The van der Waals surface area contributed by atoms with Gasteiger partial charge in [0.1, 0.15) is 0 Å². The van der Waals surface area contributed by atoms with E-state index in [1.807, 2.05) is 0 Å². The van der Waals surface area contributed by atoms with Crippen molar-refractivity contribution in [3.8, 4) is 11.4 Å². The lowest BCUT2D eigenvalue weighted by molar-refractivity contribution is 0.0770. The normalized spacial score (nSPS) is 18.6. The Kier molecular flexibility index (Phi) is 5.11. The number of hydrogen-bond donors (Lipinski definition) is 1. The van der Waals surface area contributed by atoms with E-state index in [-0.39, 0.29) is 12.4 Å². The summed E-state index contributed by atoms with van der Waals surface area (Å²) in [5.41, 5.74) is 3.44. The molecule has 1 aromatic heterocycles. The van der Waals surface area contributed by atoms with Gasteiger partial charge in [-0.15, -0.1) is 12.4 Å². The van der Waals surface area contributed by atoms with E-state index in [2.05, 4.69) is 40.6 Å². The minimum absolute atomic E-state index is 0. The van der Waals surface area contributed by atoms with E-state index >= 15 is 0 Å². The highest BCUT2D eigenvalue weighted by Crippen LogP contribution is 2.22. The molecule has 0 amide bonds. The highest BCUT2D eigenvalue weighted by Gasteiger charge is 2.15. The number of halogens is 1. The van der Waals surface area contributed by atoms with Gasteiger partial charge in [0.15, 0.2) is 0 Å². The quantitative estimate of drug-likeness (QED) is 0.938. The van der Waals surface area contributed by atoms with Gasteiger partial charge in [-0.3, -0.25) is 0 Å². The maximum atomic E-state index is 5.48. The Labute approximate surface area is 124 Å². The van der Waals surface area contributed by atoms with Gasteiger partial charge in [-0.1, -0.05) is 17.3 Å². The largest absolute Gasteiger partial charge is 0.379 e. The Morgan fingerprint density at radius 1 is 1.40 bits per heavy atom. The second kappa shape index (κ2) is 6.83. The van der Waals surface area contributed by atoms with Crippen LogP contribution in [-0.2, 0) is 11.2 Å². The van der Waals surface area contributed by atoms with E-state index in [0.717, 1.165) is 37.3 Å². The zero-order valence-electron chi connectivity index (χ0n) is 11.3. The lowest BCUT2D eigenvalue weighted by atomic mass is 9.99. The molecule has 0 aliphatic carbocycles. The molecule has 0 spiro atoms. The molecule has 1 saturated heterocycles. The fourth-order valence-corrected chi connectivity index (χ4v) is 2.36. The maximum Gasteiger partial charge on any atom is 0.214 e. The average Bonchev–Trinajstić information content (AvgIpc) is 2.96. The fourth-order valence-electron chi connectivity index (χ4n) is 2.36. The van der Waals surface area contributed by atoms with E-state index in [1.54, 1.807) is 0 Å². The molecule has 0 saturated carbocycles. The molecule has 1 atom stereocenters.